The molecule has 0 spiro atoms. The summed E-state index contributed by atoms with van der Waals surface area (Å²) >= 11 is 0. The Morgan fingerprint density at radius 1 is 0.586 bits per heavy atom. The molecule has 0 aliphatic heterocycles. The molecule has 1 N–H and O–H groups in total. The van der Waals surface area contributed by atoms with Gasteiger partial charge in [0.2, 0.25) is 0 Å². The van der Waals surface area contributed by atoms with Crippen molar-refractivity contribution >= 4 is 29.8 Å². The monoisotopic (exact) mass is 489 g/mol. The normalized spacial score (nSPS) is 11.9. The molecule has 1 aliphatic carbocycles. The van der Waals surface area contributed by atoms with E-state index in [1.54, 1.807) is 0 Å². The van der Waals surface area contributed by atoms with Crippen LogP contribution < -0.4 is 15.9 Å². The summed E-state index contributed by atoms with van der Waals surface area (Å²) < 4.78 is 0. The van der Waals surface area contributed by atoms with E-state index in [0.29, 0.717) is 0 Å². The number of rotatable bonds is 3. The summed E-state index contributed by atoms with van der Waals surface area (Å²) in [5, 5.41) is 11.6. The third-order valence-corrected chi connectivity index (χ3v) is 6.04. The van der Waals surface area contributed by atoms with Crippen LogP contribution in [-0.4, -0.2) is 11.1 Å². The van der Waals surface area contributed by atoms with Gasteiger partial charge in [0, 0.05) is 6.92 Å². The van der Waals surface area contributed by atoms with Crippen molar-refractivity contribution in [2.45, 2.75) is 6.92 Å². The van der Waals surface area contributed by atoms with Crippen LogP contribution in [0.2, 0.25) is 0 Å². The van der Waals surface area contributed by atoms with Crippen molar-refractivity contribution in [3.8, 4) is 0 Å². The van der Waals surface area contributed by atoms with Crippen molar-refractivity contribution in [1.29, 1.82) is 0 Å². The van der Waals surface area contributed by atoms with Crippen LogP contribution >= 0.6 is 7.92 Å². The minimum Gasteiger partial charge on any atom is -0.481 e. The topological polar surface area (TPSA) is 37.3 Å². The second kappa shape index (κ2) is 15.1. The first-order chi connectivity index (χ1) is 13.7. The minimum absolute atomic E-state index is 0. The molecule has 0 amide bonds. The van der Waals surface area contributed by atoms with E-state index in [0.717, 1.165) is 6.92 Å². The summed E-state index contributed by atoms with van der Waals surface area (Å²) in [6, 6.07) is 32.3. The average Bonchev–Trinajstić information content (AvgIpc) is 3.31. The molecule has 1 saturated carbocycles. The maximum atomic E-state index is 9.00. The van der Waals surface area contributed by atoms with Gasteiger partial charge in [-0.25, -0.2) is 0 Å². The molecule has 3 aromatic carbocycles. The van der Waals surface area contributed by atoms with Crippen LogP contribution in [0.1, 0.15) is 6.92 Å². The van der Waals surface area contributed by atoms with Gasteiger partial charge in [0.15, 0.2) is 0 Å². The first-order valence-electron chi connectivity index (χ1n) is 9.00. The van der Waals surface area contributed by atoms with E-state index in [1.165, 1.54) is 15.9 Å². The van der Waals surface area contributed by atoms with Crippen LogP contribution in [0.4, 0.5) is 0 Å². The molecule has 0 bridgehead atoms. The molecule has 0 aromatic heterocycles. The molecule has 1 aliphatic rings. The van der Waals surface area contributed by atoms with Gasteiger partial charge in [-0.15, -0.1) is 0 Å². The van der Waals surface area contributed by atoms with Crippen LogP contribution in [0.25, 0.3) is 0 Å². The van der Waals surface area contributed by atoms with Gasteiger partial charge in [-0.05, 0) is 55.9 Å². The van der Waals surface area contributed by atoms with Gasteiger partial charge in [0.25, 0.3) is 5.97 Å². The molecule has 29 heavy (non-hydrogen) atoms. The predicted octanol–water partition coefficient (Wildman–Crippen LogP) is 4.55. The van der Waals surface area contributed by atoms with Gasteiger partial charge in [-0.3, -0.25) is 4.79 Å². The fourth-order valence-electron chi connectivity index (χ4n) is 2.50. The molecular weight excluding hydrogens is 464 g/mol. The minimum atomic E-state index is -0.833. The third-order valence-electron chi connectivity index (χ3n) is 3.60. The smallest absolute Gasteiger partial charge is 0.481 e. The summed E-state index contributed by atoms with van der Waals surface area (Å²) in [5.41, 5.74) is 0. The average molecular weight is 489 g/mol. The molecule has 2 nitrogen and oxygen atoms in total. The Bertz CT molecular complexity index is 685. The molecule has 4 heteroatoms. The van der Waals surface area contributed by atoms with E-state index in [4.69, 9.17) is 9.90 Å². The van der Waals surface area contributed by atoms with Gasteiger partial charge in [0.1, 0.15) is 0 Å². The number of carbonyl (C=O) groups is 1. The Hall–Kier alpha value is -1.82. The van der Waals surface area contributed by atoms with Crippen molar-refractivity contribution in [3.63, 3.8) is 0 Å². The predicted molar refractivity (Wildman–Crippen MR) is 120 cm³/mol. The Labute approximate surface area is 188 Å². The molecule has 1 fully saturated rings. The molecule has 0 heterocycles. The van der Waals surface area contributed by atoms with Crippen molar-refractivity contribution < 1.29 is 29.4 Å². The molecule has 3 aromatic rings. The van der Waals surface area contributed by atoms with Gasteiger partial charge in [0.05, 0.1) is 0 Å². The molecule has 0 atom stereocenters. The van der Waals surface area contributed by atoms with Gasteiger partial charge < -0.3 is 5.11 Å². The third kappa shape index (κ3) is 9.97. The van der Waals surface area contributed by atoms with Crippen LogP contribution in [0.3, 0.4) is 0 Å². The van der Waals surface area contributed by atoms with Crippen molar-refractivity contribution in [2.75, 3.05) is 0 Å². The summed E-state index contributed by atoms with van der Waals surface area (Å²) in [5.74, 6) is -0.833. The van der Waals surface area contributed by atoms with E-state index in [2.05, 4.69) is 91.0 Å². The summed E-state index contributed by atoms with van der Waals surface area (Å²) in [7, 11) is -0.446. The molecule has 4 rings (SSSR count). The van der Waals surface area contributed by atoms with E-state index in [1.807, 2.05) is 32.1 Å². The van der Waals surface area contributed by atoms with Crippen molar-refractivity contribution in [3.05, 3.63) is 123 Å². The summed E-state index contributed by atoms with van der Waals surface area (Å²) in [6.07, 6.45) is 10.0. The largest absolute Gasteiger partial charge is 1.00 e. The Morgan fingerprint density at radius 3 is 1.00 bits per heavy atom. The molecule has 148 valence electrons. The quantitative estimate of drug-likeness (QED) is 0.434. The van der Waals surface area contributed by atoms with Crippen LogP contribution in [0.5, 0.6) is 0 Å². The number of carboxylic acid groups (broad SMARTS) is 1. The molecule has 6 radical (unpaired) electrons. The van der Waals surface area contributed by atoms with Crippen LogP contribution in [0.15, 0.2) is 91.0 Å². The number of benzene rings is 3. The fourth-order valence-corrected chi connectivity index (χ4v) is 4.80. The zero-order chi connectivity index (χ0) is 20.0. The Morgan fingerprint density at radius 2 is 0.793 bits per heavy atom. The van der Waals surface area contributed by atoms with E-state index in [9.17, 15) is 0 Å². The van der Waals surface area contributed by atoms with Crippen LogP contribution in [-0.2, 0) is 24.3 Å². The molecular formula is C25H24O2PRu+. The van der Waals surface area contributed by atoms with Crippen molar-refractivity contribution in [2.24, 2.45) is 0 Å². The van der Waals surface area contributed by atoms with Gasteiger partial charge >= 0.3 is 19.5 Å². The zero-order valence-corrected chi connectivity index (χ0v) is 18.8. The first-order valence-corrected chi connectivity index (χ1v) is 10.3. The molecule has 0 saturated heterocycles. The number of carboxylic acids is 1. The fraction of sp³-hybridized carbons (Fsp3) is 0.0400. The zero-order valence-electron chi connectivity index (χ0n) is 16.2. The maximum Gasteiger partial charge on any atom is 1.00 e. The first kappa shape index (κ1) is 25.2. The van der Waals surface area contributed by atoms with Gasteiger partial charge in [-0.2, -0.15) is 0 Å². The van der Waals surface area contributed by atoms with E-state index < -0.39 is 13.9 Å². The number of hydrogen-bond acceptors (Lipinski definition) is 1. The standard InChI is InChI=1S/C18H15P.C5H5.C2H4O2.Ru/c1-4-10-16(11-5-1)19(17-12-6-2-7-13-17)18-14-8-3-9-15-18;1-2-4-5-3-1;1-2(3)4;/h1-15H;1-5H;1H3,(H,3,4);/q;;;+1. The van der Waals surface area contributed by atoms with Gasteiger partial charge in [-0.1, -0.05) is 91.0 Å². The second-order valence-electron chi connectivity index (χ2n) is 5.82. The number of aliphatic carboxylic acids is 1. The SMILES string of the molecule is CC(=O)O.[CH]1[CH][CH][CH][CH]1.[Ru+].c1ccc(P(c2ccccc2)c2ccccc2)cc1. The second-order valence-corrected chi connectivity index (χ2v) is 8.04. The Balaban J connectivity index is 0.000000352. The van der Waals surface area contributed by atoms with Crippen LogP contribution in [0, 0.1) is 32.1 Å². The van der Waals surface area contributed by atoms with E-state index in [-0.39, 0.29) is 19.5 Å². The van der Waals surface area contributed by atoms with Crippen molar-refractivity contribution in [1.82, 2.24) is 0 Å². The van der Waals surface area contributed by atoms with E-state index >= 15 is 0 Å². The summed E-state index contributed by atoms with van der Waals surface area (Å²) in [6.45, 7) is 1.08. The molecule has 0 unspecified atom stereocenters. The maximum absolute atomic E-state index is 9.00. The number of hydrogen-bond donors (Lipinski definition) is 1. The summed E-state index contributed by atoms with van der Waals surface area (Å²) in [4.78, 5) is 9.00. The Kier molecular flexibility index (Phi) is 13.1.